The van der Waals surface area contributed by atoms with Gasteiger partial charge in [0.2, 0.25) is 15.7 Å². The van der Waals surface area contributed by atoms with Gasteiger partial charge in [-0.3, -0.25) is 4.79 Å². The van der Waals surface area contributed by atoms with Crippen LogP contribution in [0.3, 0.4) is 0 Å². The predicted octanol–water partition coefficient (Wildman–Crippen LogP) is 1.36. The molecule has 1 heterocycles. The van der Waals surface area contributed by atoms with Crippen LogP contribution in [0.25, 0.3) is 0 Å². The first-order valence-electron chi connectivity index (χ1n) is 7.97. The van der Waals surface area contributed by atoms with Crippen LogP contribution >= 0.6 is 0 Å². The maximum absolute atomic E-state index is 14.1. The number of hydrogen-bond acceptors (Lipinski definition) is 4. The highest BCUT2D eigenvalue weighted by Crippen LogP contribution is 2.27. The maximum atomic E-state index is 14.1. The summed E-state index contributed by atoms with van der Waals surface area (Å²) in [6, 6.07) is 5.38. The average molecular weight is 372 g/mol. The number of carboxylic acids is 1. The van der Waals surface area contributed by atoms with E-state index < -0.39 is 34.1 Å². The van der Waals surface area contributed by atoms with Gasteiger partial charge in [0.15, 0.2) is 0 Å². The highest BCUT2D eigenvalue weighted by molar-refractivity contribution is 7.89. The third-order valence-corrected chi connectivity index (χ3v) is 6.40. The van der Waals surface area contributed by atoms with Crippen molar-refractivity contribution in [2.75, 3.05) is 26.2 Å². The highest BCUT2D eigenvalue weighted by Gasteiger charge is 2.47. The lowest BCUT2D eigenvalue weighted by molar-refractivity contribution is -0.149. The van der Waals surface area contributed by atoms with E-state index in [2.05, 4.69) is 0 Å². The molecule has 0 aliphatic carbocycles. The number of nitrogens with zero attached hydrogens (tertiary/aromatic N) is 2. The fraction of sp³-hybridized carbons (Fsp3) is 0.500. The Morgan fingerprint density at radius 2 is 1.80 bits per heavy atom. The minimum Gasteiger partial charge on any atom is -0.479 e. The first-order chi connectivity index (χ1) is 11.7. The summed E-state index contributed by atoms with van der Waals surface area (Å²) in [5, 5.41) is 8.88. The Morgan fingerprint density at radius 1 is 1.24 bits per heavy atom. The lowest BCUT2D eigenvalue weighted by atomic mass is 10.1. The molecule has 1 unspecified atom stereocenters. The number of carboxylic acid groups (broad SMARTS) is 1. The lowest BCUT2D eigenvalue weighted by Crippen LogP contribution is -2.38. The van der Waals surface area contributed by atoms with Gasteiger partial charge in [0.05, 0.1) is 11.4 Å². The molecule has 1 fully saturated rings. The Bertz CT molecular complexity index is 761. The standard InChI is InChI=1S/C16H21FN2O5S/c1-3-19(4-2)25(23,24)13-7-5-12(6-8-13)14(20)18-10-9-16(17,11-18)15(21)22/h5-8H,3-4,9-11H2,1-2H3,(H,21,22). The molecule has 7 nitrogen and oxygen atoms in total. The molecule has 1 aliphatic rings. The Balaban J connectivity index is 2.18. The van der Waals surface area contributed by atoms with Crippen LogP contribution in [0.4, 0.5) is 4.39 Å². The van der Waals surface area contributed by atoms with E-state index in [-0.39, 0.29) is 23.4 Å². The number of benzene rings is 1. The minimum atomic E-state index is -3.62. The van der Waals surface area contributed by atoms with E-state index in [4.69, 9.17) is 5.11 Å². The van der Waals surface area contributed by atoms with Crippen LogP contribution in [-0.4, -0.2) is 66.5 Å². The summed E-state index contributed by atoms with van der Waals surface area (Å²) in [6.07, 6.45) is -0.261. The van der Waals surface area contributed by atoms with Gasteiger partial charge in [-0.25, -0.2) is 17.6 Å². The topological polar surface area (TPSA) is 95.0 Å². The van der Waals surface area contributed by atoms with Gasteiger partial charge < -0.3 is 10.0 Å². The smallest absolute Gasteiger partial charge is 0.343 e. The zero-order chi connectivity index (χ0) is 18.8. The summed E-state index contributed by atoms with van der Waals surface area (Å²) in [6.45, 7) is 3.62. The Hall–Kier alpha value is -2.00. The van der Waals surface area contributed by atoms with E-state index in [1.54, 1.807) is 13.8 Å². The molecule has 0 saturated carbocycles. The molecule has 1 aromatic rings. The van der Waals surface area contributed by atoms with Gasteiger partial charge in [-0.1, -0.05) is 13.8 Å². The second-order valence-corrected chi connectivity index (χ2v) is 7.80. The van der Waals surface area contributed by atoms with Crippen LogP contribution in [-0.2, 0) is 14.8 Å². The van der Waals surface area contributed by atoms with Gasteiger partial charge in [0, 0.05) is 31.6 Å². The number of likely N-dealkylation sites (tertiary alicyclic amines) is 1. The molecule has 1 amide bonds. The van der Waals surface area contributed by atoms with Crippen LogP contribution in [0.15, 0.2) is 29.2 Å². The molecule has 1 aliphatic heterocycles. The van der Waals surface area contributed by atoms with Crippen molar-refractivity contribution >= 4 is 21.9 Å². The fourth-order valence-corrected chi connectivity index (χ4v) is 4.24. The number of aliphatic carboxylic acids is 1. The van der Waals surface area contributed by atoms with Crippen molar-refractivity contribution in [3.05, 3.63) is 29.8 Å². The van der Waals surface area contributed by atoms with E-state index in [9.17, 15) is 22.4 Å². The van der Waals surface area contributed by atoms with E-state index >= 15 is 0 Å². The van der Waals surface area contributed by atoms with Crippen molar-refractivity contribution < 1.29 is 27.5 Å². The highest BCUT2D eigenvalue weighted by atomic mass is 32.2. The second kappa shape index (κ2) is 7.09. The van der Waals surface area contributed by atoms with Crippen LogP contribution in [0.1, 0.15) is 30.6 Å². The van der Waals surface area contributed by atoms with Crippen molar-refractivity contribution in [1.82, 2.24) is 9.21 Å². The number of halogens is 1. The SMILES string of the molecule is CCN(CC)S(=O)(=O)c1ccc(C(=O)N2CCC(F)(C(=O)O)C2)cc1. The van der Waals surface area contributed by atoms with Crippen molar-refractivity contribution in [3.63, 3.8) is 0 Å². The molecule has 1 saturated heterocycles. The van der Waals surface area contributed by atoms with E-state index in [0.29, 0.717) is 13.1 Å². The number of alkyl halides is 1. The molecule has 0 radical (unpaired) electrons. The minimum absolute atomic E-state index is 0.00112. The summed E-state index contributed by atoms with van der Waals surface area (Å²) in [4.78, 5) is 24.5. The summed E-state index contributed by atoms with van der Waals surface area (Å²) >= 11 is 0. The average Bonchev–Trinajstić information content (AvgIpc) is 2.99. The van der Waals surface area contributed by atoms with Crippen molar-refractivity contribution in [2.24, 2.45) is 0 Å². The monoisotopic (exact) mass is 372 g/mol. The second-order valence-electron chi connectivity index (χ2n) is 5.86. The van der Waals surface area contributed by atoms with Gasteiger partial charge >= 0.3 is 5.97 Å². The predicted molar refractivity (Wildman–Crippen MR) is 88.5 cm³/mol. The zero-order valence-corrected chi connectivity index (χ0v) is 14.9. The number of amides is 1. The maximum Gasteiger partial charge on any atom is 0.343 e. The molecule has 1 aromatic carbocycles. The molecular formula is C16H21FN2O5S. The van der Waals surface area contributed by atoms with E-state index in [1.165, 1.54) is 28.6 Å². The number of carbonyl (C=O) groups is 2. The van der Waals surface area contributed by atoms with E-state index in [1.807, 2.05) is 0 Å². The molecule has 1 N–H and O–H groups in total. The van der Waals surface area contributed by atoms with Crippen LogP contribution in [0, 0.1) is 0 Å². The van der Waals surface area contributed by atoms with Gasteiger partial charge in [-0.2, -0.15) is 4.31 Å². The van der Waals surface area contributed by atoms with Crippen LogP contribution in [0.5, 0.6) is 0 Å². The molecule has 0 spiro atoms. The molecule has 0 bridgehead atoms. The molecule has 0 aromatic heterocycles. The number of sulfonamides is 1. The first-order valence-corrected chi connectivity index (χ1v) is 9.41. The Kier molecular flexibility index (Phi) is 5.48. The largest absolute Gasteiger partial charge is 0.479 e. The summed E-state index contributed by atoms with van der Waals surface area (Å²) in [5.74, 6) is -2.10. The fourth-order valence-electron chi connectivity index (χ4n) is 2.79. The lowest BCUT2D eigenvalue weighted by Gasteiger charge is -2.19. The Morgan fingerprint density at radius 3 is 2.24 bits per heavy atom. The molecule has 25 heavy (non-hydrogen) atoms. The van der Waals surface area contributed by atoms with Gasteiger partial charge in [-0.05, 0) is 24.3 Å². The third kappa shape index (κ3) is 3.67. The summed E-state index contributed by atoms with van der Waals surface area (Å²) < 4.78 is 40.2. The third-order valence-electron chi connectivity index (χ3n) is 4.33. The Labute approximate surface area is 146 Å². The van der Waals surface area contributed by atoms with Crippen LogP contribution in [0.2, 0.25) is 0 Å². The zero-order valence-electron chi connectivity index (χ0n) is 14.1. The molecule has 138 valence electrons. The van der Waals surface area contributed by atoms with Crippen molar-refractivity contribution in [1.29, 1.82) is 0 Å². The number of carbonyl (C=O) groups excluding carboxylic acids is 1. The van der Waals surface area contributed by atoms with E-state index in [0.717, 1.165) is 4.90 Å². The molecular weight excluding hydrogens is 351 g/mol. The molecule has 1 atom stereocenters. The molecule has 9 heteroatoms. The normalized spacial score (nSPS) is 20.9. The van der Waals surface area contributed by atoms with Gasteiger partial charge in [0.25, 0.3) is 5.91 Å². The van der Waals surface area contributed by atoms with Crippen LogP contribution < -0.4 is 0 Å². The molecule has 2 rings (SSSR count). The summed E-state index contributed by atoms with van der Waals surface area (Å²) in [7, 11) is -3.62. The van der Waals surface area contributed by atoms with Gasteiger partial charge in [0.1, 0.15) is 0 Å². The van der Waals surface area contributed by atoms with Gasteiger partial charge in [-0.15, -0.1) is 0 Å². The first kappa shape index (κ1) is 19.3. The van der Waals surface area contributed by atoms with Crippen molar-refractivity contribution in [3.8, 4) is 0 Å². The van der Waals surface area contributed by atoms with Crippen molar-refractivity contribution in [2.45, 2.75) is 30.8 Å². The number of hydrogen-bond donors (Lipinski definition) is 1. The number of rotatable bonds is 6. The summed E-state index contributed by atoms with van der Waals surface area (Å²) in [5.41, 5.74) is -2.24. The quantitative estimate of drug-likeness (QED) is 0.813.